The zero-order valence-electron chi connectivity index (χ0n) is 22.2. The predicted octanol–water partition coefficient (Wildman–Crippen LogP) is 3.66. The second kappa shape index (κ2) is 12.1. The van der Waals surface area contributed by atoms with E-state index in [-0.39, 0.29) is 24.9 Å². The summed E-state index contributed by atoms with van der Waals surface area (Å²) in [6.07, 6.45) is 1.58. The molecule has 1 fully saturated rings. The van der Waals surface area contributed by atoms with Crippen LogP contribution >= 0.6 is 0 Å². The number of anilines is 1. The molecule has 1 N–H and O–H groups in total. The van der Waals surface area contributed by atoms with Crippen LogP contribution in [-0.4, -0.2) is 60.3 Å². The van der Waals surface area contributed by atoms with Gasteiger partial charge in [0.15, 0.2) is 0 Å². The number of hydrogen-bond donors (Lipinski definition) is 1. The SMILES string of the molecule is COc1ccc([C@H](C(=O)NC[C@H]2CCCO2)N(C(=O)Cn2nnc3ccccc32)c2ccccc2F)c(OC)c1. The van der Waals surface area contributed by atoms with E-state index in [1.165, 1.54) is 37.1 Å². The van der Waals surface area contributed by atoms with Crippen molar-refractivity contribution >= 4 is 28.5 Å². The maximum atomic E-state index is 15.4. The molecule has 208 valence electrons. The Morgan fingerprint density at radius 2 is 1.93 bits per heavy atom. The van der Waals surface area contributed by atoms with Crippen LogP contribution in [0.2, 0.25) is 0 Å². The first-order valence-corrected chi connectivity index (χ1v) is 13.0. The van der Waals surface area contributed by atoms with E-state index in [2.05, 4.69) is 15.6 Å². The minimum absolute atomic E-state index is 0.0629. The quantitative estimate of drug-likeness (QED) is 0.323. The average molecular weight is 548 g/mol. The van der Waals surface area contributed by atoms with E-state index in [9.17, 15) is 9.59 Å². The Hall–Kier alpha value is -4.51. The Morgan fingerprint density at radius 1 is 1.12 bits per heavy atom. The Morgan fingerprint density at radius 3 is 2.67 bits per heavy atom. The molecular formula is C29H30FN5O5. The van der Waals surface area contributed by atoms with E-state index >= 15 is 4.39 Å². The van der Waals surface area contributed by atoms with Gasteiger partial charge in [0.05, 0.1) is 31.5 Å². The summed E-state index contributed by atoms with van der Waals surface area (Å²) in [5, 5.41) is 11.2. The highest BCUT2D eigenvalue weighted by Gasteiger charge is 2.37. The first-order valence-electron chi connectivity index (χ1n) is 13.0. The van der Waals surface area contributed by atoms with Crippen LogP contribution in [-0.2, 0) is 20.9 Å². The highest BCUT2D eigenvalue weighted by Crippen LogP contribution is 2.37. The van der Waals surface area contributed by atoms with Crippen LogP contribution in [0, 0.1) is 5.82 Å². The minimum atomic E-state index is -1.29. The lowest BCUT2D eigenvalue weighted by atomic mass is 10.0. The van der Waals surface area contributed by atoms with Crippen LogP contribution in [0.3, 0.4) is 0 Å². The van der Waals surface area contributed by atoms with Gasteiger partial charge in [-0.25, -0.2) is 9.07 Å². The van der Waals surface area contributed by atoms with Gasteiger partial charge in [0.25, 0.3) is 0 Å². The van der Waals surface area contributed by atoms with Gasteiger partial charge in [0.2, 0.25) is 11.8 Å². The molecule has 2 amide bonds. The molecule has 1 aliphatic heterocycles. The third-order valence-electron chi connectivity index (χ3n) is 6.86. The molecule has 0 radical (unpaired) electrons. The van der Waals surface area contributed by atoms with Gasteiger partial charge < -0.3 is 19.5 Å². The van der Waals surface area contributed by atoms with E-state index in [0.29, 0.717) is 34.7 Å². The molecule has 0 saturated carbocycles. The molecule has 0 unspecified atom stereocenters. The molecule has 2 heterocycles. The van der Waals surface area contributed by atoms with Gasteiger partial charge in [-0.2, -0.15) is 0 Å². The summed E-state index contributed by atoms with van der Waals surface area (Å²) in [5.74, 6) is -0.951. The van der Waals surface area contributed by atoms with Crippen molar-refractivity contribution in [1.29, 1.82) is 0 Å². The number of fused-ring (bicyclic) bond motifs is 1. The lowest BCUT2D eigenvalue weighted by Crippen LogP contribution is -2.47. The number of benzene rings is 3. The largest absolute Gasteiger partial charge is 0.497 e. The number of para-hydroxylation sites is 2. The van der Waals surface area contributed by atoms with Crippen molar-refractivity contribution in [2.45, 2.75) is 31.5 Å². The summed E-state index contributed by atoms with van der Waals surface area (Å²) in [5.41, 5.74) is 1.53. The van der Waals surface area contributed by atoms with Crippen LogP contribution in [0.25, 0.3) is 11.0 Å². The van der Waals surface area contributed by atoms with Crippen molar-refractivity contribution in [2.75, 3.05) is 32.3 Å². The number of ether oxygens (including phenoxy) is 3. The zero-order valence-corrected chi connectivity index (χ0v) is 22.2. The van der Waals surface area contributed by atoms with Crippen molar-refractivity contribution in [3.63, 3.8) is 0 Å². The van der Waals surface area contributed by atoms with Crippen LogP contribution in [0.4, 0.5) is 10.1 Å². The predicted molar refractivity (Wildman–Crippen MR) is 146 cm³/mol. The van der Waals surface area contributed by atoms with E-state index in [1.54, 1.807) is 36.4 Å². The monoisotopic (exact) mass is 547 g/mol. The molecular weight excluding hydrogens is 517 g/mol. The standard InChI is InChI=1S/C29H30FN5O5/c1-38-19-13-14-21(26(16-19)39-2)28(29(37)31-17-20-8-7-15-40-20)35(24-11-5-3-9-22(24)30)27(36)18-34-25-12-6-4-10-23(25)32-33-34/h3-6,9-14,16,20,28H,7-8,15,17-18H2,1-2H3,(H,31,37)/t20-,28-/m1/s1. The third kappa shape index (κ3) is 5.59. The molecule has 4 aromatic rings. The summed E-state index contributed by atoms with van der Waals surface area (Å²) in [6, 6.07) is 16.7. The maximum Gasteiger partial charge on any atom is 0.249 e. The number of halogens is 1. The smallest absolute Gasteiger partial charge is 0.249 e. The van der Waals surface area contributed by atoms with Gasteiger partial charge >= 0.3 is 0 Å². The molecule has 2 atom stereocenters. The molecule has 0 spiro atoms. The number of amides is 2. The number of nitrogens with zero attached hydrogens (tertiary/aromatic N) is 4. The normalized spacial score (nSPS) is 15.5. The lowest BCUT2D eigenvalue weighted by Gasteiger charge is -2.32. The number of nitrogens with one attached hydrogen (secondary N) is 1. The van der Waals surface area contributed by atoms with Crippen LogP contribution in [0.1, 0.15) is 24.4 Å². The van der Waals surface area contributed by atoms with Crippen LogP contribution in [0.15, 0.2) is 66.7 Å². The number of carbonyl (C=O) groups is 2. The van der Waals surface area contributed by atoms with Crippen molar-refractivity contribution < 1.29 is 28.2 Å². The second-order valence-electron chi connectivity index (χ2n) is 9.34. The fourth-order valence-corrected chi connectivity index (χ4v) is 4.86. The highest BCUT2D eigenvalue weighted by molar-refractivity contribution is 6.02. The summed E-state index contributed by atoms with van der Waals surface area (Å²) in [7, 11) is 2.97. The Balaban J connectivity index is 1.60. The Labute approximate surface area is 230 Å². The molecule has 5 rings (SSSR count). The Kier molecular flexibility index (Phi) is 8.20. The summed E-state index contributed by atoms with van der Waals surface area (Å²) >= 11 is 0. The van der Waals surface area contributed by atoms with Gasteiger partial charge in [0, 0.05) is 24.8 Å². The fraction of sp³-hybridized carbons (Fsp3) is 0.310. The topological polar surface area (TPSA) is 108 Å². The lowest BCUT2D eigenvalue weighted by molar-refractivity contribution is -0.127. The number of rotatable bonds is 10. The van der Waals surface area contributed by atoms with Gasteiger partial charge in [-0.3, -0.25) is 14.5 Å². The zero-order chi connectivity index (χ0) is 28.1. The molecule has 3 aromatic carbocycles. The number of methoxy groups -OCH3 is 2. The van der Waals surface area contributed by atoms with E-state index in [1.807, 2.05) is 12.1 Å². The van der Waals surface area contributed by atoms with Crippen LogP contribution < -0.4 is 19.7 Å². The molecule has 10 nitrogen and oxygen atoms in total. The Bertz CT molecular complexity index is 1500. The van der Waals surface area contributed by atoms with E-state index in [4.69, 9.17) is 14.2 Å². The number of aromatic nitrogens is 3. The summed E-state index contributed by atoms with van der Waals surface area (Å²) in [6.45, 7) is 0.589. The van der Waals surface area contributed by atoms with Crippen molar-refractivity contribution in [3.05, 3.63) is 78.1 Å². The third-order valence-corrected chi connectivity index (χ3v) is 6.86. The molecule has 0 bridgehead atoms. The van der Waals surface area contributed by atoms with Crippen LogP contribution in [0.5, 0.6) is 11.5 Å². The van der Waals surface area contributed by atoms with Gasteiger partial charge in [-0.1, -0.05) is 29.5 Å². The van der Waals surface area contributed by atoms with E-state index < -0.39 is 23.7 Å². The summed E-state index contributed by atoms with van der Waals surface area (Å²) < 4.78 is 33.4. The number of hydrogen-bond acceptors (Lipinski definition) is 7. The molecule has 40 heavy (non-hydrogen) atoms. The first-order chi connectivity index (χ1) is 19.5. The van der Waals surface area contributed by atoms with E-state index in [0.717, 1.165) is 17.7 Å². The first kappa shape index (κ1) is 27.1. The fourth-order valence-electron chi connectivity index (χ4n) is 4.86. The maximum absolute atomic E-state index is 15.4. The minimum Gasteiger partial charge on any atom is -0.497 e. The van der Waals surface area contributed by atoms with Crippen molar-refractivity contribution in [1.82, 2.24) is 20.3 Å². The second-order valence-corrected chi connectivity index (χ2v) is 9.34. The molecule has 0 aliphatic carbocycles. The molecule has 11 heteroatoms. The van der Waals surface area contributed by atoms with Gasteiger partial charge in [-0.05, 0) is 49.2 Å². The average Bonchev–Trinajstić information content (AvgIpc) is 3.65. The molecule has 1 aromatic heterocycles. The van der Waals surface area contributed by atoms with Crippen molar-refractivity contribution in [2.24, 2.45) is 0 Å². The van der Waals surface area contributed by atoms with Gasteiger partial charge in [0.1, 0.15) is 35.4 Å². The molecule has 1 aliphatic rings. The highest BCUT2D eigenvalue weighted by atomic mass is 19.1. The number of carbonyl (C=O) groups excluding carboxylic acids is 2. The molecule has 1 saturated heterocycles. The summed E-state index contributed by atoms with van der Waals surface area (Å²) in [4.78, 5) is 29.2. The van der Waals surface area contributed by atoms with Gasteiger partial charge in [-0.15, -0.1) is 5.10 Å². The van der Waals surface area contributed by atoms with Crippen molar-refractivity contribution in [3.8, 4) is 11.5 Å².